The molecule has 3 nitrogen and oxygen atoms in total. The maximum Gasteiger partial charge on any atom is 0.216 e. The minimum Gasteiger partial charge on any atom is -0.475 e. The quantitative estimate of drug-likeness (QED) is 0.843. The fourth-order valence-corrected chi connectivity index (χ4v) is 2.08. The van der Waals surface area contributed by atoms with E-state index in [2.05, 4.69) is 48.1 Å². The molecular formula is C14H16N2O. The van der Waals surface area contributed by atoms with Crippen molar-refractivity contribution in [3.05, 3.63) is 36.0 Å². The third-order valence-corrected chi connectivity index (χ3v) is 3.24. The van der Waals surface area contributed by atoms with E-state index in [0.717, 1.165) is 17.0 Å². The minimum atomic E-state index is 0.298. The second kappa shape index (κ2) is 3.91. The van der Waals surface area contributed by atoms with E-state index in [1.54, 1.807) is 0 Å². The van der Waals surface area contributed by atoms with Crippen LogP contribution in [0.1, 0.15) is 19.4 Å². The largest absolute Gasteiger partial charge is 0.475 e. The van der Waals surface area contributed by atoms with E-state index in [1.807, 2.05) is 6.20 Å². The van der Waals surface area contributed by atoms with Crippen LogP contribution in [-0.4, -0.2) is 23.5 Å². The molecule has 1 N–H and O–H groups in total. The number of aromatic amines is 1. The maximum atomic E-state index is 5.68. The van der Waals surface area contributed by atoms with Gasteiger partial charge in [0.25, 0.3) is 0 Å². The van der Waals surface area contributed by atoms with Crippen LogP contribution in [0.25, 0.3) is 10.9 Å². The summed E-state index contributed by atoms with van der Waals surface area (Å²) in [5, 5.41) is 1.20. The van der Waals surface area contributed by atoms with Gasteiger partial charge in [0.05, 0.1) is 6.04 Å². The van der Waals surface area contributed by atoms with Crippen molar-refractivity contribution in [2.24, 2.45) is 10.9 Å². The van der Waals surface area contributed by atoms with Crippen LogP contribution in [0.15, 0.2) is 35.5 Å². The number of hydrogen-bond donors (Lipinski definition) is 1. The first kappa shape index (κ1) is 10.4. The molecule has 17 heavy (non-hydrogen) atoms. The number of rotatable bonds is 2. The van der Waals surface area contributed by atoms with Gasteiger partial charge < -0.3 is 9.72 Å². The van der Waals surface area contributed by atoms with E-state index in [-0.39, 0.29) is 0 Å². The summed E-state index contributed by atoms with van der Waals surface area (Å²) >= 11 is 0. The average molecular weight is 228 g/mol. The first-order valence-corrected chi connectivity index (χ1v) is 6.02. The fourth-order valence-electron chi connectivity index (χ4n) is 2.08. The first-order valence-electron chi connectivity index (χ1n) is 6.02. The van der Waals surface area contributed by atoms with Gasteiger partial charge in [0.1, 0.15) is 6.61 Å². The molecule has 1 aliphatic heterocycles. The number of aromatic nitrogens is 1. The standard InChI is InChI=1S/C14H16N2O/c1-9(2)13-8-17-14(16-13)11-3-4-12-10(7-11)5-6-15-12/h3-7,9,13,15H,8H2,1-2H3. The molecule has 0 saturated heterocycles. The number of aliphatic imine (C=N–C) groups is 1. The summed E-state index contributed by atoms with van der Waals surface area (Å²) in [6, 6.07) is 8.60. The summed E-state index contributed by atoms with van der Waals surface area (Å²) in [6.45, 7) is 5.06. The molecule has 2 heterocycles. The molecular weight excluding hydrogens is 212 g/mol. The topological polar surface area (TPSA) is 37.4 Å². The third kappa shape index (κ3) is 1.82. The average Bonchev–Trinajstić information content (AvgIpc) is 2.97. The molecule has 1 aromatic carbocycles. The van der Waals surface area contributed by atoms with Crippen LogP contribution in [0.2, 0.25) is 0 Å². The molecule has 0 aliphatic carbocycles. The van der Waals surface area contributed by atoms with Crippen molar-refractivity contribution in [1.82, 2.24) is 4.98 Å². The Labute approximate surface area is 101 Å². The molecule has 1 aromatic heterocycles. The number of nitrogens with zero attached hydrogens (tertiary/aromatic N) is 1. The van der Waals surface area contributed by atoms with Crippen LogP contribution in [0, 0.1) is 5.92 Å². The van der Waals surface area contributed by atoms with E-state index in [9.17, 15) is 0 Å². The van der Waals surface area contributed by atoms with Crippen molar-refractivity contribution in [2.45, 2.75) is 19.9 Å². The number of nitrogens with one attached hydrogen (secondary N) is 1. The monoisotopic (exact) mass is 228 g/mol. The summed E-state index contributed by atoms with van der Waals surface area (Å²) < 4.78 is 5.68. The lowest BCUT2D eigenvalue weighted by Crippen LogP contribution is -2.13. The molecule has 0 bridgehead atoms. The van der Waals surface area contributed by atoms with E-state index in [1.165, 1.54) is 5.39 Å². The molecule has 3 rings (SSSR count). The number of hydrogen-bond acceptors (Lipinski definition) is 2. The lowest BCUT2D eigenvalue weighted by Gasteiger charge is -2.06. The second-order valence-electron chi connectivity index (χ2n) is 4.84. The zero-order chi connectivity index (χ0) is 11.8. The predicted octanol–water partition coefficient (Wildman–Crippen LogP) is 2.97. The fraction of sp³-hybridized carbons (Fsp3) is 0.357. The van der Waals surface area contributed by atoms with Crippen LogP contribution < -0.4 is 0 Å². The summed E-state index contributed by atoms with van der Waals surface area (Å²) in [7, 11) is 0. The SMILES string of the molecule is CC(C)C1COC(c2ccc3[nH]ccc3c2)=N1. The van der Waals surface area contributed by atoms with Crippen molar-refractivity contribution in [3.63, 3.8) is 0 Å². The molecule has 0 saturated carbocycles. The van der Waals surface area contributed by atoms with Crippen LogP contribution in [0.5, 0.6) is 0 Å². The van der Waals surface area contributed by atoms with E-state index in [4.69, 9.17) is 4.74 Å². The van der Waals surface area contributed by atoms with Gasteiger partial charge in [-0.25, -0.2) is 4.99 Å². The molecule has 88 valence electrons. The Morgan fingerprint density at radius 2 is 2.24 bits per heavy atom. The summed E-state index contributed by atoms with van der Waals surface area (Å²) in [4.78, 5) is 7.82. The lowest BCUT2D eigenvalue weighted by atomic mass is 10.1. The minimum absolute atomic E-state index is 0.298. The van der Waals surface area contributed by atoms with E-state index >= 15 is 0 Å². The van der Waals surface area contributed by atoms with Crippen molar-refractivity contribution in [3.8, 4) is 0 Å². The van der Waals surface area contributed by atoms with Gasteiger partial charge in [-0.05, 0) is 30.2 Å². The van der Waals surface area contributed by atoms with Crippen LogP contribution in [0.3, 0.4) is 0 Å². The van der Waals surface area contributed by atoms with Gasteiger partial charge in [0.15, 0.2) is 0 Å². The van der Waals surface area contributed by atoms with Crippen LogP contribution in [0.4, 0.5) is 0 Å². The Balaban J connectivity index is 1.96. The normalized spacial score (nSPS) is 19.7. The molecule has 0 fully saturated rings. The maximum absolute atomic E-state index is 5.68. The highest BCUT2D eigenvalue weighted by Gasteiger charge is 2.22. The highest BCUT2D eigenvalue weighted by molar-refractivity contribution is 5.98. The van der Waals surface area contributed by atoms with Gasteiger partial charge >= 0.3 is 0 Å². The highest BCUT2D eigenvalue weighted by atomic mass is 16.5. The third-order valence-electron chi connectivity index (χ3n) is 3.24. The Morgan fingerprint density at radius 1 is 1.35 bits per heavy atom. The van der Waals surface area contributed by atoms with Gasteiger partial charge in [-0.2, -0.15) is 0 Å². The summed E-state index contributed by atoms with van der Waals surface area (Å²) in [6.07, 6.45) is 1.95. The number of H-pyrrole nitrogens is 1. The second-order valence-corrected chi connectivity index (χ2v) is 4.84. The van der Waals surface area contributed by atoms with Crippen LogP contribution in [-0.2, 0) is 4.74 Å². The Morgan fingerprint density at radius 3 is 3.00 bits per heavy atom. The zero-order valence-electron chi connectivity index (χ0n) is 10.1. The Hall–Kier alpha value is -1.77. The van der Waals surface area contributed by atoms with Crippen molar-refractivity contribution < 1.29 is 4.74 Å². The van der Waals surface area contributed by atoms with E-state index in [0.29, 0.717) is 18.6 Å². The molecule has 0 amide bonds. The number of fused-ring (bicyclic) bond motifs is 1. The summed E-state index contributed by atoms with van der Waals surface area (Å²) in [5.74, 6) is 1.32. The Bertz CT molecular complexity index is 568. The Kier molecular flexibility index (Phi) is 2.39. The smallest absolute Gasteiger partial charge is 0.216 e. The molecule has 1 atom stereocenters. The van der Waals surface area contributed by atoms with Crippen LogP contribution >= 0.6 is 0 Å². The lowest BCUT2D eigenvalue weighted by molar-refractivity contribution is 0.292. The molecule has 0 spiro atoms. The first-order chi connectivity index (χ1) is 8.24. The molecule has 1 unspecified atom stereocenters. The van der Waals surface area contributed by atoms with Gasteiger partial charge in [0, 0.05) is 22.7 Å². The van der Waals surface area contributed by atoms with E-state index < -0.39 is 0 Å². The molecule has 2 aromatic rings. The number of ether oxygens (including phenoxy) is 1. The van der Waals surface area contributed by atoms with Gasteiger partial charge in [-0.15, -0.1) is 0 Å². The highest BCUT2D eigenvalue weighted by Crippen LogP contribution is 2.20. The predicted molar refractivity (Wildman–Crippen MR) is 69.4 cm³/mol. The van der Waals surface area contributed by atoms with Crippen molar-refractivity contribution in [2.75, 3.05) is 6.61 Å². The molecule has 3 heteroatoms. The van der Waals surface area contributed by atoms with Gasteiger partial charge in [-0.1, -0.05) is 13.8 Å². The molecule has 1 aliphatic rings. The van der Waals surface area contributed by atoms with Crippen molar-refractivity contribution in [1.29, 1.82) is 0 Å². The molecule has 0 radical (unpaired) electrons. The van der Waals surface area contributed by atoms with Gasteiger partial charge in [-0.3, -0.25) is 0 Å². The zero-order valence-corrected chi connectivity index (χ0v) is 10.1. The van der Waals surface area contributed by atoms with Crippen molar-refractivity contribution >= 4 is 16.8 Å². The van der Waals surface area contributed by atoms with Gasteiger partial charge in [0.2, 0.25) is 5.90 Å². The summed E-state index contributed by atoms with van der Waals surface area (Å²) in [5.41, 5.74) is 2.22. The number of benzene rings is 1.